The Labute approximate surface area is 96.2 Å². The first-order chi connectivity index (χ1) is 7.08. The third-order valence-electron chi connectivity index (χ3n) is 2.16. The molecule has 78 valence electrons. The van der Waals surface area contributed by atoms with Crippen LogP contribution in [0.25, 0.3) is 5.69 Å². The molecule has 1 aromatic heterocycles. The van der Waals surface area contributed by atoms with E-state index in [9.17, 15) is 0 Å². The summed E-state index contributed by atoms with van der Waals surface area (Å²) in [5.74, 6) is 0.424. The zero-order chi connectivity index (χ0) is 11.0. The number of nitrogens with two attached hydrogens (primary N) is 1. The van der Waals surface area contributed by atoms with Crippen molar-refractivity contribution in [1.29, 1.82) is 0 Å². The lowest BCUT2D eigenvalue weighted by Gasteiger charge is -2.06. The maximum atomic E-state index is 5.52. The second-order valence-corrected chi connectivity index (χ2v) is 4.25. The third kappa shape index (κ3) is 1.87. The first kappa shape index (κ1) is 10.2. The van der Waals surface area contributed by atoms with Crippen molar-refractivity contribution in [1.82, 2.24) is 15.0 Å². The fraction of sp³-hybridized carbons (Fsp3) is 0.200. The average Bonchev–Trinajstić information content (AvgIpc) is 2.60. The van der Waals surface area contributed by atoms with Gasteiger partial charge in [-0.1, -0.05) is 15.9 Å². The second kappa shape index (κ2) is 3.66. The van der Waals surface area contributed by atoms with E-state index in [1.165, 1.54) is 11.0 Å². The minimum atomic E-state index is 0.424. The number of aromatic nitrogens is 3. The molecule has 0 aliphatic carbocycles. The van der Waals surface area contributed by atoms with Gasteiger partial charge in [0.25, 0.3) is 0 Å². The molecule has 1 aromatic carbocycles. The summed E-state index contributed by atoms with van der Waals surface area (Å²) in [5, 5.41) is 8.12. The van der Waals surface area contributed by atoms with Crippen molar-refractivity contribution in [3.8, 4) is 5.69 Å². The number of hydrogen-bond acceptors (Lipinski definition) is 3. The average molecular weight is 267 g/mol. The van der Waals surface area contributed by atoms with Crippen molar-refractivity contribution in [2.75, 3.05) is 5.73 Å². The standard InChI is InChI=1S/C10H11BrN4/c1-6-3-8(4-7(2)10(6)11)15-13-5-9(12)14-15/h3-5H,1-2H3,(H2,12,14). The van der Waals surface area contributed by atoms with Gasteiger partial charge >= 0.3 is 0 Å². The Morgan fingerprint density at radius 3 is 2.33 bits per heavy atom. The van der Waals surface area contributed by atoms with Crippen LogP contribution in [0.2, 0.25) is 0 Å². The molecule has 5 heteroatoms. The van der Waals surface area contributed by atoms with Crippen LogP contribution in [0.15, 0.2) is 22.8 Å². The van der Waals surface area contributed by atoms with E-state index in [-0.39, 0.29) is 0 Å². The molecule has 2 rings (SSSR count). The van der Waals surface area contributed by atoms with Gasteiger partial charge in [-0.15, -0.1) is 9.90 Å². The predicted molar refractivity (Wildman–Crippen MR) is 62.9 cm³/mol. The Morgan fingerprint density at radius 2 is 1.87 bits per heavy atom. The molecule has 0 fully saturated rings. The highest BCUT2D eigenvalue weighted by molar-refractivity contribution is 9.10. The first-order valence-electron chi connectivity index (χ1n) is 4.53. The fourth-order valence-corrected chi connectivity index (χ4v) is 1.67. The zero-order valence-electron chi connectivity index (χ0n) is 8.53. The molecule has 0 unspecified atom stereocenters. The van der Waals surface area contributed by atoms with Gasteiger partial charge in [-0.2, -0.15) is 5.10 Å². The number of nitrogens with zero attached hydrogens (tertiary/aromatic N) is 3. The molecule has 1 heterocycles. The number of benzene rings is 1. The Balaban J connectivity index is 2.55. The highest BCUT2D eigenvalue weighted by Gasteiger charge is 2.05. The van der Waals surface area contributed by atoms with E-state index in [0.717, 1.165) is 21.3 Å². The van der Waals surface area contributed by atoms with E-state index < -0.39 is 0 Å². The van der Waals surface area contributed by atoms with E-state index in [1.54, 1.807) is 0 Å². The normalized spacial score (nSPS) is 10.6. The zero-order valence-corrected chi connectivity index (χ0v) is 10.1. The molecule has 0 saturated heterocycles. The fourth-order valence-electron chi connectivity index (χ4n) is 1.44. The van der Waals surface area contributed by atoms with Crippen molar-refractivity contribution >= 4 is 21.7 Å². The molecule has 0 saturated carbocycles. The number of aryl methyl sites for hydroxylation is 2. The number of rotatable bonds is 1. The van der Waals surface area contributed by atoms with Gasteiger partial charge in [0.1, 0.15) is 0 Å². The summed E-state index contributed by atoms with van der Waals surface area (Å²) in [6.45, 7) is 4.07. The quantitative estimate of drug-likeness (QED) is 0.861. The summed E-state index contributed by atoms with van der Waals surface area (Å²) in [5.41, 5.74) is 8.75. The van der Waals surface area contributed by atoms with Crippen LogP contribution in [0.5, 0.6) is 0 Å². The Hall–Kier alpha value is -1.36. The van der Waals surface area contributed by atoms with Crippen LogP contribution < -0.4 is 5.73 Å². The molecule has 0 atom stereocenters. The minimum absolute atomic E-state index is 0.424. The minimum Gasteiger partial charge on any atom is -0.381 e. The van der Waals surface area contributed by atoms with E-state index >= 15 is 0 Å². The molecule has 0 aliphatic heterocycles. The second-order valence-electron chi connectivity index (χ2n) is 3.45. The van der Waals surface area contributed by atoms with Crippen LogP contribution in [0, 0.1) is 13.8 Å². The largest absolute Gasteiger partial charge is 0.381 e. The predicted octanol–water partition coefficient (Wildman–Crippen LogP) is 2.23. The number of halogens is 1. The summed E-state index contributed by atoms with van der Waals surface area (Å²) >= 11 is 3.52. The maximum absolute atomic E-state index is 5.52. The summed E-state index contributed by atoms with van der Waals surface area (Å²) in [6.07, 6.45) is 1.53. The van der Waals surface area contributed by atoms with Crippen molar-refractivity contribution in [3.63, 3.8) is 0 Å². The maximum Gasteiger partial charge on any atom is 0.166 e. The molecule has 0 bridgehead atoms. The van der Waals surface area contributed by atoms with Crippen molar-refractivity contribution < 1.29 is 0 Å². The Morgan fingerprint density at radius 1 is 1.27 bits per heavy atom. The van der Waals surface area contributed by atoms with E-state index in [2.05, 4.69) is 26.1 Å². The van der Waals surface area contributed by atoms with Crippen LogP contribution in [0.4, 0.5) is 5.82 Å². The van der Waals surface area contributed by atoms with Gasteiger partial charge in [0, 0.05) is 4.47 Å². The monoisotopic (exact) mass is 266 g/mol. The van der Waals surface area contributed by atoms with Gasteiger partial charge in [-0.3, -0.25) is 0 Å². The summed E-state index contributed by atoms with van der Waals surface area (Å²) in [7, 11) is 0. The van der Waals surface area contributed by atoms with Gasteiger partial charge in [0.2, 0.25) is 0 Å². The van der Waals surface area contributed by atoms with Gasteiger partial charge in [-0.25, -0.2) is 0 Å². The Kier molecular flexibility index (Phi) is 2.48. The molecule has 0 aliphatic rings. The smallest absolute Gasteiger partial charge is 0.166 e. The number of nitrogen functional groups attached to an aromatic ring is 1. The van der Waals surface area contributed by atoms with Gasteiger partial charge in [0.15, 0.2) is 5.82 Å². The van der Waals surface area contributed by atoms with Crippen LogP contribution >= 0.6 is 15.9 Å². The van der Waals surface area contributed by atoms with Crippen LogP contribution in [-0.2, 0) is 0 Å². The van der Waals surface area contributed by atoms with Gasteiger partial charge < -0.3 is 5.73 Å². The molecular formula is C10H11BrN4. The van der Waals surface area contributed by atoms with Crippen molar-refractivity contribution in [3.05, 3.63) is 33.9 Å². The van der Waals surface area contributed by atoms with Crippen LogP contribution in [0.1, 0.15) is 11.1 Å². The highest BCUT2D eigenvalue weighted by atomic mass is 79.9. The molecule has 0 radical (unpaired) electrons. The summed E-state index contributed by atoms with van der Waals surface area (Å²) < 4.78 is 1.12. The lowest BCUT2D eigenvalue weighted by Crippen LogP contribution is -2.01. The van der Waals surface area contributed by atoms with E-state index in [0.29, 0.717) is 5.82 Å². The Bertz CT molecular complexity index is 481. The molecule has 2 aromatic rings. The van der Waals surface area contributed by atoms with Gasteiger partial charge in [0.05, 0.1) is 11.9 Å². The summed E-state index contributed by atoms with van der Waals surface area (Å²) in [4.78, 5) is 1.53. The van der Waals surface area contributed by atoms with E-state index in [1.807, 2.05) is 26.0 Å². The lowest BCUT2D eigenvalue weighted by atomic mass is 10.1. The molecule has 15 heavy (non-hydrogen) atoms. The lowest BCUT2D eigenvalue weighted by molar-refractivity contribution is 0.752. The SMILES string of the molecule is Cc1cc(-n2ncc(N)n2)cc(C)c1Br. The number of anilines is 1. The van der Waals surface area contributed by atoms with Crippen molar-refractivity contribution in [2.45, 2.75) is 13.8 Å². The number of hydrogen-bond donors (Lipinski definition) is 1. The first-order valence-corrected chi connectivity index (χ1v) is 5.32. The molecular weight excluding hydrogens is 256 g/mol. The molecule has 0 spiro atoms. The summed E-state index contributed by atoms with van der Waals surface area (Å²) in [6, 6.07) is 4.02. The van der Waals surface area contributed by atoms with Crippen LogP contribution in [-0.4, -0.2) is 15.0 Å². The molecule has 2 N–H and O–H groups in total. The van der Waals surface area contributed by atoms with Gasteiger partial charge in [-0.05, 0) is 37.1 Å². The topological polar surface area (TPSA) is 56.7 Å². The third-order valence-corrected chi connectivity index (χ3v) is 3.41. The van der Waals surface area contributed by atoms with Crippen molar-refractivity contribution in [2.24, 2.45) is 0 Å². The highest BCUT2D eigenvalue weighted by Crippen LogP contribution is 2.23. The molecule has 4 nitrogen and oxygen atoms in total. The van der Waals surface area contributed by atoms with Crippen LogP contribution in [0.3, 0.4) is 0 Å². The van der Waals surface area contributed by atoms with E-state index in [4.69, 9.17) is 5.73 Å². The molecule has 0 amide bonds.